The third-order valence-corrected chi connectivity index (χ3v) is 14.1. The molecule has 0 spiro atoms. The minimum atomic E-state index is -1.62. The van der Waals surface area contributed by atoms with Gasteiger partial charge in [-0.25, -0.2) is 0 Å². The van der Waals surface area contributed by atoms with Gasteiger partial charge in [0.1, 0.15) is 13.2 Å². The van der Waals surface area contributed by atoms with Gasteiger partial charge in [0.05, 0.1) is 40.3 Å². The van der Waals surface area contributed by atoms with Crippen LogP contribution in [0.4, 0.5) is 0 Å². The van der Waals surface area contributed by atoms with Crippen molar-refractivity contribution in [3.8, 4) is 0 Å². The Morgan fingerprint density at radius 1 is 0.392 bits per heavy atom. The van der Waals surface area contributed by atoms with E-state index in [9.17, 15) is 19.5 Å². The molecular formula is C70H123NO8. The molecule has 9 nitrogen and oxygen atoms in total. The zero-order valence-corrected chi connectivity index (χ0v) is 52.0. The molecule has 0 heterocycles. The van der Waals surface area contributed by atoms with Crippen LogP contribution in [0.1, 0.15) is 284 Å². The first-order valence-corrected chi connectivity index (χ1v) is 32.7. The number of quaternary nitrogens is 1. The number of hydrogen-bond acceptors (Lipinski definition) is 8. The molecule has 0 rings (SSSR count). The number of allylic oxidation sites excluding steroid dienone is 14. The van der Waals surface area contributed by atoms with Gasteiger partial charge in [-0.3, -0.25) is 9.59 Å². The SMILES string of the molecule is CC/C=C\C/C=C\C/C=C\C/C=C\C/C=C\C/C=C\CCCCCCCCCCCCCCCCCCCCCCCCC(=O)OC(COC(=O)CCCCCCC/C=C\CCCCCC)COC(OCC[N+](C)(C)C)C(=O)[O-]. The second kappa shape index (κ2) is 60.6. The molecule has 79 heavy (non-hydrogen) atoms. The first-order chi connectivity index (χ1) is 38.6. The van der Waals surface area contributed by atoms with Crippen molar-refractivity contribution in [3.63, 3.8) is 0 Å². The summed E-state index contributed by atoms with van der Waals surface area (Å²) < 4.78 is 22.7. The van der Waals surface area contributed by atoms with Gasteiger partial charge in [0, 0.05) is 12.8 Å². The molecule has 0 aliphatic carbocycles. The summed E-state index contributed by atoms with van der Waals surface area (Å²) in [4.78, 5) is 37.3. The molecule has 2 atom stereocenters. The number of aliphatic carboxylic acids is 1. The minimum Gasteiger partial charge on any atom is -0.545 e. The number of rotatable bonds is 60. The highest BCUT2D eigenvalue weighted by molar-refractivity contribution is 5.70. The van der Waals surface area contributed by atoms with Gasteiger partial charge in [0.2, 0.25) is 0 Å². The Balaban J connectivity index is 3.95. The average Bonchev–Trinajstić information content (AvgIpc) is 3.42. The number of unbranched alkanes of at least 4 members (excludes halogenated alkanes) is 31. The van der Waals surface area contributed by atoms with Crippen molar-refractivity contribution in [2.24, 2.45) is 0 Å². The summed E-state index contributed by atoms with van der Waals surface area (Å²) in [6, 6.07) is 0. The van der Waals surface area contributed by atoms with Crippen molar-refractivity contribution in [2.75, 3.05) is 47.5 Å². The van der Waals surface area contributed by atoms with E-state index in [4.69, 9.17) is 18.9 Å². The lowest BCUT2D eigenvalue weighted by molar-refractivity contribution is -0.870. The highest BCUT2D eigenvalue weighted by Gasteiger charge is 2.22. The number of hydrogen-bond donors (Lipinski definition) is 0. The Bertz CT molecular complexity index is 1570. The maximum atomic E-state index is 12.9. The Labute approximate surface area is 487 Å². The number of carboxylic acids is 1. The number of carbonyl (C=O) groups excluding carboxylic acids is 3. The van der Waals surface area contributed by atoms with Gasteiger partial charge in [-0.1, -0.05) is 266 Å². The normalized spacial score (nSPS) is 13.3. The quantitative estimate of drug-likeness (QED) is 0.0195. The molecule has 0 saturated heterocycles. The Morgan fingerprint density at radius 3 is 1.09 bits per heavy atom. The monoisotopic (exact) mass is 1110 g/mol. The topological polar surface area (TPSA) is 111 Å². The Hall–Kier alpha value is -3.53. The van der Waals surface area contributed by atoms with Gasteiger partial charge in [-0.2, -0.15) is 0 Å². The van der Waals surface area contributed by atoms with Gasteiger partial charge < -0.3 is 33.3 Å². The van der Waals surface area contributed by atoms with Crippen LogP contribution >= 0.6 is 0 Å². The average molecular weight is 1110 g/mol. The predicted octanol–water partition coefficient (Wildman–Crippen LogP) is 18.6. The molecule has 456 valence electrons. The van der Waals surface area contributed by atoms with Gasteiger partial charge in [-0.05, 0) is 89.9 Å². The Morgan fingerprint density at radius 2 is 0.722 bits per heavy atom. The van der Waals surface area contributed by atoms with Crippen LogP contribution in [0.5, 0.6) is 0 Å². The molecule has 2 unspecified atom stereocenters. The van der Waals surface area contributed by atoms with E-state index < -0.39 is 24.3 Å². The molecule has 0 aliphatic rings. The lowest BCUT2D eigenvalue weighted by atomic mass is 10.0. The van der Waals surface area contributed by atoms with E-state index in [1.165, 1.54) is 161 Å². The van der Waals surface area contributed by atoms with Crippen LogP contribution in [0.3, 0.4) is 0 Å². The third-order valence-electron chi connectivity index (χ3n) is 14.1. The van der Waals surface area contributed by atoms with Crippen molar-refractivity contribution in [1.29, 1.82) is 0 Å². The van der Waals surface area contributed by atoms with Crippen molar-refractivity contribution >= 4 is 17.9 Å². The highest BCUT2D eigenvalue weighted by Crippen LogP contribution is 2.17. The fourth-order valence-corrected chi connectivity index (χ4v) is 9.12. The molecular weight excluding hydrogens is 983 g/mol. The summed E-state index contributed by atoms with van der Waals surface area (Å²) in [6.07, 6.45) is 78.2. The fourth-order valence-electron chi connectivity index (χ4n) is 9.12. The van der Waals surface area contributed by atoms with E-state index in [2.05, 4.69) is 98.9 Å². The van der Waals surface area contributed by atoms with Crippen LogP contribution in [0.2, 0.25) is 0 Å². The molecule has 0 saturated carbocycles. The summed E-state index contributed by atoms with van der Waals surface area (Å²) in [5, 5.41) is 11.8. The summed E-state index contributed by atoms with van der Waals surface area (Å²) in [5.74, 6) is -2.28. The third kappa shape index (κ3) is 61.9. The first-order valence-electron chi connectivity index (χ1n) is 32.7. The number of esters is 2. The molecule has 0 aliphatic heterocycles. The van der Waals surface area contributed by atoms with Crippen LogP contribution < -0.4 is 5.11 Å². The number of carbonyl (C=O) groups is 3. The molecule has 0 aromatic carbocycles. The smallest absolute Gasteiger partial charge is 0.306 e. The molecule has 0 amide bonds. The van der Waals surface area contributed by atoms with Crippen LogP contribution in [0.25, 0.3) is 0 Å². The summed E-state index contributed by atoms with van der Waals surface area (Å²) in [5.41, 5.74) is 0. The molecule has 0 N–H and O–H groups in total. The van der Waals surface area contributed by atoms with Crippen molar-refractivity contribution < 1.29 is 42.9 Å². The van der Waals surface area contributed by atoms with Crippen LogP contribution in [0.15, 0.2) is 85.1 Å². The molecule has 0 aromatic heterocycles. The highest BCUT2D eigenvalue weighted by atomic mass is 16.7. The van der Waals surface area contributed by atoms with Crippen molar-refractivity contribution in [2.45, 2.75) is 296 Å². The zero-order valence-electron chi connectivity index (χ0n) is 52.0. The van der Waals surface area contributed by atoms with E-state index in [0.29, 0.717) is 17.4 Å². The van der Waals surface area contributed by atoms with Crippen LogP contribution in [0, 0.1) is 0 Å². The zero-order chi connectivity index (χ0) is 57.6. The molecule has 0 bridgehead atoms. The largest absolute Gasteiger partial charge is 0.545 e. The van der Waals surface area contributed by atoms with Gasteiger partial charge >= 0.3 is 11.9 Å². The number of likely N-dealkylation sites (N-methyl/N-ethyl adjacent to an activating group) is 1. The van der Waals surface area contributed by atoms with Crippen LogP contribution in [-0.4, -0.2) is 82.3 Å². The van der Waals surface area contributed by atoms with Gasteiger partial charge in [-0.15, -0.1) is 0 Å². The van der Waals surface area contributed by atoms with Gasteiger partial charge in [0.15, 0.2) is 12.4 Å². The fraction of sp³-hybridized carbons (Fsp3) is 0.757. The van der Waals surface area contributed by atoms with E-state index in [1.807, 2.05) is 21.1 Å². The van der Waals surface area contributed by atoms with E-state index in [0.717, 1.165) is 89.9 Å². The lowest BCUT2D eigenvalue weighted by Crippen LogP contribution is -2.44. The molecule has 0 radical (unpaired) electrons. The Kier molecular flexibility index (Phi) is 57.9. The second-order valence-corrected chi connectivity index (χ2v) is 23.0. The summed E-state index contributed by atoms with van der Waals surface area (Å²) >= 11 is 0. The maximum Gasteiger partial charge on any atom is 0.306 e. The van der Waals surface area contributed by atoms with E-state index >= 15 is 0 Å². The number of nitrogens with zero attached hydrogens (tertiary/aromatic N) is 1. The van der Waals surface area contributed by atoms with Crippen molar-refractivity contribution in [3.05, 3.63) is 85.1 Å². The predicted molar refractivity (Wildman–Crippen MR) is 334 cm³/mol. The molecule has 0 aromatic rings. The molecule has 9 heteroatoms. The molecule has 0 fully saturated rings. The summed E-state index contributed by atoms with van der Waals surface area (Å²) in [7, 11) is 5.92. The minimum absolute atomic E-state index is 0.146. The van der Waals surface area contributed by atoms with E-state index in [1.54, 1.807) is 0 Å². The number of carboxylic acid groups (broad SMARTS) is 1. The number of ether oxygens (including phenoxy) is 4. The second-order valence-electron chi connectivity index (χ2n) is 23.0. The van der Waals surface area contributed by atoms with Crippen molar-refractivity contribution in [1.82, 2.24) is 0 Å². The maximum absolute atomic E-state index is 12.9. The van der Waals surface area contributed by atoms with E-state index in [-0.39, 0.29) is 38.6 Å². The van der Waals surface area contributed by atoms with Gasteiger partial charge in [0.25, 0.3) is 0 Å². The lowest BCUT2D eigenvalue weighted by Gasteiger charge is -2.26. The standard InChI is InChI=1S/C70H123NO8/c1-6-8-10-12-14-16-18-20-21-22-23-24-25-26-27-28-29-30-31-32-33-34-35-36-37-38-39-40-41-42-43-44-45-46-47-49-51-53-55-57-59-61-68(73)79-66(65-78-70(69(74)75)76-63-62-71(3,4)5)64-77-67(72)60-58-56-54-52-50-48-19-17-15-13-11-9-7-2/h8,10,14,16-17,19-21,23-24,26-27,29-30,66,70H,6-7,9,11-13,15,18,22,25,28,31-65H2,1-5H3/b10-8-,16-14-,19-17-,21-20-,24-23-,27-26-,30-29-. The summed E-state index contributed by atoms with van der Waals surface area (Å²) in [6.45, 7) is 4.62. The first kappa shape index (κ1) is 75.5. The van der Waals surface area contributed by atoms with Crippen LogP contribution in [-0.2, 0) is 33.3 Å².